The number of ketones is 1. The molecule has 0 aromatic rings. The Morgan fingerprint density at radius 1 is 1.50 bits per heavy atom. The van der Waals surface area contributed by atoms with Crippen LogP contribution in [0.1, 0.15) is 13.3 Å². The van der Waals surface area contributed by atoms with Crippen molar-refractivity contribution in [3.8, 4) is 0 Å². The van der Waals surface area contributed by atoms with Crippen molar-refractivity contribution in [2.45, 2.75) is 19.4 Å². The van der Waals surface area contributed by atoms with Crippen molar-refractivity contribution in [2.75, 3.05) is 13.2 Å². The zero-order chi connectivity index (χ0) is 9.56. The van der Waals surface area contributed by atoms with Gasteiger partial charge in [0.15, 0.2) is 0 Å². The van der Waals surface area contributed by atoms with Gasteiger partial charge in [-0.3, -0.25) is 9.59 Å². The molecule has 0 aromatic heterocycles. The van der Waals surface area contributed by atoms with Crippen LogP contribution >= 0.6 is 0 Å². The Kier molecular flexibility index (Phi) is 5.23. The van der Waals surface area contributed by atoms with E-state index in [0.717, 1.165) is 0 Å². The first-order valence-corrected chi connectivity index (χ1v) is 3.71. The minimum absolute atomic E-state index is 0.0962. The van der Waals surface area contributed by atoms with Crippen LogP contribution in [-0.2, 0) is 9.59 Å². The first-order chi connectivity index (χ1) is 5.61. The fourth-order valence-electron chi connectivity index (χ4n) is 0.534. The molecule has 3 N–H and O–H groups in total. The molecule has 0 spiro atoms. The molecule has 0 bridgehead atoms. The van der Waals surface area contributed by atoms with Gasteiger partial charge in [0.1, 0.15) is 0 Å². The van der Waals surface area contributed by atoms with Crippen LogP contribution in [0.2, 0.25) is 0 Å². The molecular weight excluding hydrogens is 162 g/mol. The third kappa shape index (κ3) is 4.05. The lowest BCUT2D eigenvalue weighted by atomic mass is 10.3. The number of hydrogen-bond acceptors (Lipinski definition) is 4. The molecule has 0 fully saturated rings. The van der Waals surface area contributed by atoms with Crippen molar-refractivity contribution in [2.24, 2.45) is 0 Å². The Bertz CT molecular complexity index is 169. The topological polar surface area (TPSA) is 86.6 Å². The number of carbonyl (C=O) groups excluding carboxylic acids is 2. The second kappa shape index (κ2) is 5.68. The van der Waals surface area contributed by atoms with Gasteiger partial charge in [-0.15, -0.1) is 0 Å². The molecule has 0 heterocycles. The molecule has 0 aliphatic rings. The van der Waals surface area contributed by atoms with E-state index in [9.17, 15) is 9.59 Å². The molecule has 1 atom stereocenters. The highest BCUT2D eigenvalue weighted by molar-refractivity contribution is 6.36. The average molecular weight is 175 g/mol. The summed E-state index contributed by atoms with van der Waals surface area (Å²) in [5.74, 6) is -1.25. The summed E-state index contributed by atoms with van der Waals surface area (Å²) in [6, 6.07) is 0. The fourth-order valence-corrected chi connectivity index (χ4v) is 0.534. The van der Waals surface area contributed by atoms with Crippen LogP contribution in [0.5, 0.6) is 0 Å². The van der Waals surface area contributed by atoms with E-state index in [2.05, 4.69) is 5.32 Å². The molecule has 1 unspecified atom stereocenters. The smallest absolute Gasteiger partial charge is 0.287 e. The van der Waals surface area contributed by atoms with Crippen molar-refractivity contribution in [1.82, 2.24) is 5.32 Å². The first kappa shape index (κ1) is 11.1. The van der Waals surface area contributed by atoms with E-state index in [4.69, 9.17) is 10.2 Å². The number of nitrogens with one attached hydrogen (secondary N) is 1. The first-order valence-electron chi connectivity index (χ1n) is 3.71. The molecule has 0 aromatic carbocycles. The lowest BCUT2D eigenvalue weighted by molar-refractivity contribution is -0.138. The normalized spacial score (nSPS) is 12.2. The SMILES string of the molecule is CCC(=O)C(=O)NCC(O)CO. The highest BCUT2D eigenvalue weighted by Gasteiger charge is 2.11. The Hall–Kier alpha value is -0.940. The van der Waals surface area contributed by atoms with Gasteiger partial charge in [0.25, 0.3) is 5.91 Å². The minimum atomic E-state index is -1.00. The number of aliphatic hydroxyl groups is 2. The summed E-state index contributed by atoms with van der Waals surface area (Å²) >= 11 is 0. The van der Waals surface area contributed by atoms with Crippen molar-refractivity contribution in [1.29, 1.82) is 0 Å². The van der Waals surface area contributed by atoms with E-state index >= 15 is 0 Å². The van der Waals surface area contributed by atoms with Crippen LogP contribution in [-0.4, -0.2) is 41.2 Å². The third-order valence-corrected chi connectivity index (χ3v) is 1.28. The number of aliphatic hydroxyl groups excluding tert-OH is 2. The monoisotopic (exact) mass is 175 g/mol. The highest BCUT2D eigenvalue weighted by atomic mass is 16.3. The second-order valence-electron chi connectivity index (χ2n) is 2.32. The van der Waals surface area contributed by atoms with Gasteiger partial charge in [-0.1, -0.05) is 6.92 Å². The molecule has 1 amide bonds. The standard InChI is InChI=1S/C7H13NO4/c1-2-6(11)7(12)8-3-5(10)4-9/h5,9-10H,2-4H2,1H3,(H,8,12). The summed E-state index contributed by atoms with van der Waals surface area (Å²) in [5, 5.41) is 19.3. The van der Waals surface area contributed by atoms with E-state index in [1.54, 1.807) is 6.92 Å². The van der Waals surface area contributed by atoms with Gasteiger partial charge in [-0.2, -0.15) is 0 Å². The molecule has 0 saturated carbocycles. The fraction of sp³-hybridized carbons (Fsp3) is 0.714. The van der Waals surface area contributed by atoms with Gasteiger partial charge in [-0.05, 0) is 0 Å². The lowest BCUT2D eigenvalue weighted by Crippen LogP contribution is -2.37. The Balaban J connectivity index is 3.64. The number of hydrogen-bond donors (Lipinski definition) is 3. The number of carbonyl (C=O) groups is 2. The zero-order valence-electron chi connectivity index (χ0n) is 6.91. The molecule has 70 valence electrons. The Morgan fingerprint density at radius 2 is 2.08 bits per heavy atom. The van der Waals surface area contributed by atoms with E-state index in [1.165, 1.54) is 0 Å². The average Bonchev–Trinajstić information content (AvgIpc) is 2.11. The molecule has 0 aliphatic carbocycles. The molecule has 12 heavy (non-hydrogen) atoms. The van der Waals surface area contributed by atoms with Crippen LogP contribution in [0.4, 0.5) is 0 Å². The van der Waals surface area contributed by atoms with Gasteiger partial charge in [0.05, 0.1) is 12.7 Å². The predicted molar refractivity (Wildman–Crippen MR) is 41.4 cm³/mol. The number of rotatable bonds is 5. The van der Waals surface area contributed by atoms with Crippen molar-refractivity contribution < 1.29 is 19.8 Å². The van der Waals surface area contributed by atoms with E-state index in [-0.39, 0.29) is 13.0 Å². The van der Waals surface area contributed by atoms with Gasteiger partial charge in [-0.25, -0.2) is 0 Å². The minimum Gasteiger partial charge on any atom is -0.394 e. The van der Waals surface area contributed by atoms with Gasteiger partial charge in [0.2, 0.25) is 5.78 Å². The molecule has 0 saturated heterocycles. The van der Waals surface area contributed by atoms with Gasteiger partial charge < -0.3 is 15.5 Å². The second-order valence-corrected chi connectivity index (χ2v) is 2.32. The molecule has 0 aliphatic heterocycles. The summed E-state index contributed by atoms with van der Waals surface area (Å²) < 4.78 is 0. The quantitative estimate of drug-likeness (QED) is 0.441. The highest BCUT2D eigenvalue weighted by Crippen LogP contribution is 1.82. The van der Waals surface area contributed by atoms with E-state index in [0.29, 0.717) is 0 Å². The molecule has 0 rings (SSSR count). The van der Waals surface area contributed by atoms with E-state index in [1.807, 2.05) is 0 Å². The van der Waals surface area contributed by atoms with Crippen LogP contribution in [0.25, 0.3) is 0 Å². The lowest BCUT2D eigenvalue weighted by Gasteiger charge is -2.07. The van der Waals surface area contributed by atoms with Crippen molar-refractivity contribution in [3.63, 3.8) is 0 Å². The number of Topliss-reactive ketones (excluding diaryl/α,β-unsaturated/α-hetero) is 1. The molecule has 5 nitrogen and oxygen atoms in total. The van der Waals surface area contributed by atoms with Crippen LogP contribution in [0.15, 0.2) is 0 Å². The van der Waals surface area contributed by atoms with Gasteiger partial charge >= 0.3 is 0 Å². The largest absolute Gasteiger partial charge is 0.394 e. The zero-order valence-corrected chi connectivity index (χ0v) is 6.91. The summed E-state index contributed by atoms with van der Waals surface area (Å²) in [6.07, 6.45) is -0.861. The van der Waals surface area contributed by atoms with Crippen molar-refractivity contribution in [3.05, 3.63) is 0 Å². The van der Waals surface area contributed by atoms with Crippen molar-refractivity contribution >= 4 is 11.7 Å². The summed E-state index contributed by atoms with van der Waals surface area (Å²) in [6.45, 7) is 1.05. The van der Waals surface area contributed by atoms with Crippen LogP contribution < -0.4 is 5.32 Å². The van der Waals surface area contributed by atoms with Gasteiger partial charge in [0, 0.05) is 13.0 Å². The maximum absolute atomic E-state index is 10.7. The van der Waals surface area contributed by atoms with Crippen LogP contribution in [0, 0.1) is 0 Å². The summed E-state index contributed by atoms with van der Waals surface area (Å²) in [5.41, 5.74) is 0. The number of amides is 1. The molecule has 5 heteroatoms. The van der Waals surface area contributed by atoms with E-state index < -0.39 is 24.4 Å². The predicted octanol–water partition coefficient (Wildman–Crippen LogP) is -1.57. The summed E-state index contributed by atoms with van der Waals surface area (Å²) in [7, 11) is 0. The third-order valence-electron chi connectivity index (χ3n) is 1.28. The molecular formula is C7H13NO4. The Morgan fingerprint density at radius 3 is 2.50 bits per heavy atom. The maximum atomic E-state index is 10.7. The Labute approximate surface area is 70.4 Å². The van der Waals surface area contributed by atoms with Crippen LogP contribution in [0.3, 0.4) is 0 Å². The summed E-state index contributed by atoms with van der Waals surface area (Å²) in [4.78, 5) is 21.4. The molecule has 0 radical (unpaired) electrons. The maximum Gasteiger partial charge on any atom is 0.287 e.